The van der Waals surface area contributed by atoms with Crippen molar-refractivity contribution in [2.45, 2.75) is 36.6 Å². The van der Waals surface area contributed by atoms with Crippen LogP contribution >= 0.6 is 0 Å². The third kappa shape index (κ3) is 3.63. The smallest absolute Gasteiger partial charge is 0.263 e. The normalized spacial score (nSPS) is 15.1. The number of aromatic nitrogens is 3. The largest absolute Gasteiger partial charge is 0.349 e. The van der Waals surface area contributed by atoms with E-state index in [-0.39, 0.29) is 22.7 Å². The van der Waals surface area contributed by atoms with Gasteiger partial charge in [-0.05, 0) is 31.0 Å². The summed E-state index contributed by atoms with van der Waals surface area (Å²) >= 11 is 0. The molecular formula is C18H19N5O3S. The van der Waals surface area contributed by atoms with Crippen LogP contribution in [0, 0.1) is 0 Å². The standard InChI is InChI=1S/C18H19N5O3S/c24-18(20-13-6-4-5-7-13)15-12-19-23-11-10-16(21-17(15)23)22-27(25,26)14-8-2-1-3-9-14/h1-3,8-13H,4-7H2,(H,20,24)(H,21,22). The SMILES string of the molecule is O=C(NC1CCCC1)c1cnn2ccc(NS(=O)(=O)c3ccccc3)nc12. The molecule has 0 unspecified atom stereocenters. The van der Waals surface area contributed by atoms with Gasteiger partial charge in [-0.1, -0.05) is 31.0 Å². The Hall–Kier alpha value is -2.94. The lowest BCUT2D eigenvalue weighted by Crippen LogP contribution is -2.32. The minimum atomic E-state index is -3.76. The summed E-state index contributed by atoms with van der Waals surface area (Å²) in [4.78, 5) is 17.0. The Labute approximate surface area is 156 Å². The molecule has 1 aliphatic rings. The highest BCUT2D eigenvalue weighted by atomic mass is 32.2. The molecule has 8 nitrogen and oxygen atoms in total. The van der Waals surface area contributed by atoms with Crippen LogP contribution < -0.4 is 10.0 Å². The summed E-state index contributed by atoms with van der Waals surface area (Å²) in [6.45, 7) is 0. The highest BCUT2D eigenvalue weighted by molar-refractivity contribution is 7.92. The molecule has 2 heterocycles. The number of hydrogen-bond acceptors (Lipinski definition) is 5. The number of amides is 1. The average molecular weight is 385 g/mol. The number of fused-ring (bicyclic) bond motifs is 1. The van der Waals surface area contributed by atoms with Gasteiger partial charge in [0.25, 0.3) is 15.9 Å². The maximum Gasteiger partial charge on any atom is 0.263 e. The first-order valence-electron chi connectivity index (χ1n) is 8.76. The summed E-state index contributed by atoms with van der Waals surface area (Å²) in [5.74, 6) is -0.116. The number of anilines is 1. The van der Waals surface area contributed by atoms with Gasteiger partial charge in [-0.2, -0.15) is 5.10 Å². The molecule has 0 saturated heterocycles. The highest BCUT2D eigenvalue weighted by Gasteiger charge is 2.21. The van der Waals surface area contributed by atoms with Crippen LogP contribution in [0.3, 0.4) is 0 Å². The number of benzene rings is 1. The van der Waals surface area contributed by atoms with Crippen LogP contribution in [0.15, 0.2) is 53.7 Å². The molecule has 140 valence electrons. The monoisotopic (exact) mass is 385 g/mol. The topological polar surface area (TPSA) is 105 Å². The molecule has 0 radical (unpaired) electrons. The molecule has 1 fully saturated rings. The van der Waals surface area contributed by atoms with Crippen molar-refractivity contribution in [1.82, 2.24) is 19.9 Å². The minimum Gasteiger partial charge on any atom is -0.349 e. The van der Waals surface area contributed by atoms with Crippen molar-refractivity contribution < 1.29 is 13.2 Å². The molecule has 9 heteroatoms. The van der Waals surface area contributed by atoms with E-state index in [2.05, 4.69) is 20.1 Å². The van der Waals surface area contributed by atoms with Crippen molar-refractivity contribution in [1.29, 1.82) is 0 Å². The van der Waals surface area contributed by atoms with Crippen molar-refractivity contribution >= 4 is 27.4 Å². The Morgan fingerprint density at radius 2 is 1.85 bits per heavy atom. The molecule has 1 aromatic carbocycles. The lowest BCUT2D eigenvalue weighted by atomic mass is 10.2. The van der Waals surface area contributed by atoms with Crippen molar-refractivity contribution in [2.75, 3.05) is 4.72 Å². The Morgan fingerprint density at radius 3 is 2.59 bits per heavy atom. The number of sulfonamides is 1. The second-order valence-corrected chi connectivity index (χ2v) is 8.19. The van der Waals surface area contributed by atoms with Gasteiger partial charge < -0.3 is 5.32 Å². The van der Waals surface area contributed by atoms with Gasteiger partial charge in [-0.25, -0.2) is 17.9 Å². The average Bonchev–Trinajstić information content (AvgIpc) is 3.31. The zero-order valence-corrected chi connectivity index (χ0v) is 15.3. The molecule has 0 aliphatic heterocycles. The quantitative estimate of drug-likeness (QED) is 0.700. The number of carbonyl (C=O) groups is 1. The summed E-state index contributed by atoms with van der Waals surface area (Å²) in [6, 6.07) is 9.71. The first-order chi connectivity index (χ1) is 13.0. The third-order valence-electron chi connectivity index (χ3n) is 4.60. The fourth-order valence-corrected chi connectivity index (χ4v) is 4.24. The van der Waals surface area contributed by atoms with E-state index in [1.54, 1.807) is 24.4 Å². The van der Waals surface area contributed by atoms with Crippen LogP contribution in [0.4, 0.5) is 5.82 Å². The van der Waals surface area contributed by atoms with Crippen LogP contribution in [0.1, 0.15) is 36.0 Å². The first kappa shape index (κ1) is 17.5. The summed E-state index contributed by atoms with van der Waals surface area (Å²) < 4.78 is 28.8. The van der Waals surface area contributed by atoms with E-state index >= 15 is 0 Å². The Bertz CT molecular complexity index is 1070. The number of hydrogen-bond donors (Lipinski definition) is 2. The molecule has 3 aromatic rings. The maximum absolute atomic E-state index is 12.6. The molecule has 1 aliphatic carbocycles. The molecule has 1 saturated carbocycles. The summed E-state index contributed by atoms with van der Waals surface area (Å²) in [7, 11) is -3.76. The van der Waals surface area contributed by atoms with Crippen molar-refractivity contribution in [3.8, 4) is 0 Å². The van der Waals surface area contributed by atoms with Crippen LogP contribution in [-0.4, -0.2) is 35.0 Å². The number of rotatable bonds is 5. The van der Waals surface area contributed by atoms with Crippen LogP contribution in [0.25, 0.3) is 5.65 Å². The summed E-state index contributed by atoms with van der Waals surface area (Å²) in [5, 5.41) is 7.12. The molecule has 1 amide bonds. The van der Waals surface area contributed by atoms with Crippen LogP contribution in [0.5, 0.6) is 0 Å². The van der Waals surface area contributed by atoms with E-state index in [9.17, 15) is 13.2 Å². The first-order valence-corrected chi connectivity index (χ1v) is 10.2. The third-order valence-corrected chi connectivity index (χ3v) is 5.97. The lowest BCUT2D eigenvalue weighted by molar-refractivity contribution is 0.0939. The fraction of sp³-hybridized carbons (Fsp3) is 0.278. The fourth-order valence-electron chi connectivity index (χ4n) is 3.22. The number of carbonyl (C=O) groups excluding carboxylic acids is 1. The number of nitrogens with zero attached hydrogens (tertiary/aromatic N) is 3. The van der Waals surface area contributed by atoms with Gasteiger partial charge in [-0.3, -0.25) is 9.52 Å². The molecule has 27 heavy (non-hydrogen) atoms. The zero-order chi connectivity index (χ0) is 18.9. The van der Waals surface area contributed by atoms with Crippen molar-refractivity contribution in [2.24, 2.45) is 0 Å². The van der Waals surface area contributed by atoms with E-state index < -0.39 is 10.0 Å². The van der Waals surface area contributed by atoms with Crippen LogP contribution in [-0.2, 0) is 10.0 Å². The second kappa shape index (κ2) is 6.99. The number of nitrogens with one attached hydrogen (secondary N) is 2. The predicted molar refractivity (Wildman–Crippen MR) is 100.0 cm³/mol. The molecule has 0 bridgehead atoms. The highest BCUT2D eigenvalue weighted by Crippen LogP contribution is 2.20. The van der Waals surface area contributed by atoms with Gasteiger partial charge in [-0.15, -0.1) is 0 Å². The van der Waals surface area contributed by atoms with E-state index in [0.29, 0.717) is 11.2 Å². The summed E-state index contributed by atoms with van der Waals surface area (Å²) in [5.41, 5.74) is 0.626. The van der Waals surface area contributed by atoms with Crippen LogP contribution in [0.2, 0.25) is 0 Å². The molecule has 2 aromatic heterocycles. The Kier molecular flexibility index (Phi) is 4.53. The van der Waals surface area contributed by atoms with E-state index in [0.717, 1.165) is 25.7 Å². The molecule has 0 spiro atoms. The van der Waals surface area contributed by atoms with Crippen molar-refractivity contribution in [3.63, 3.8) is 0 Å². The zero-order valence-electron chi connectivity index (χ0n) is 14.5. The Balaban J connectivity index is 1.61. The van der Waals surface area contributed by atoms with Gasteiger partial charge in [0.15, 0.2) is 5.65 Å². The van der Waals surface area contributed by atoms with Gasteiger partial charge in [0.05, 0.1) is 11.1 Å². The molecule has 4 rings (SSSR count). The van der Waals surface area contributed by atoms with Gasteiger partial charge in [0.1, 0.15) is 11.4 Å². The summed E-state index contributed by atoms with van der Waals surface area (Å²) in [6.07, 6.45) is 7.19. The maximum atomic E-state index is 12.6. The molecule has 2 N–H and O–H groups in total. The van der Waals surface area contributed by atoms with Gasteiger partial charge in [0, 0.05) is 12.2 Å². The predicted octanol–water partition coefficient (Wildman–Crippen LogP) is 2.20. The second-order valence-electron chi connectivity index (χ2n) is 6.51. The van der Waals surface area contributed by atoms with E-state index in [1.807, 2.05) is 0 Å². The minimum absolute atomic E-state index is 0.127. The molecule has 0 atom stereocenters. The van der Waals surface area contributed by atoms with Gasteiger partial charge in [0.2, 0.25) is 0 Å². The Morgan fingerprint density at radius 1 is 1.11 bits per heavy atom. The van der Waals surface area contributed by atoms with Gasteiger partial charge >= 0.3 is 0 Å². The van der Waals surface area contributed by atoms with E-state index in [4.69, 9.17) is 0 Å². The molecular weight excluding hydrogens is 366 g/mol. The lowest BCUT2D eigenvalue weighted by Gasteiger charge is -2.11. The van der Waals surface area contributed by atoms with E-state index in [1.165, 1.54) is 28.9 Å². The van der Waals surface area contributed by atoms with Crippen molar-refractivity contribution in [3.05, 3.63) is 54.4 Å².